The van der Waals surface area contributed by atoms with Crippen molar-refractivity contribution in [3.63, 3.8) is 0 Å². The summed E-state index contributed by atoms with van der Waals surface area (Å²) in [5.41, 5.74) is 1.28. The molecule has 0 N–H and O–H groups in total. The number of carbonyl (C=O) groups excluding carboxylic acids is 2. The van der Waals surface area contributed by atoms with Crippen LogP contribution in [0.1, 0.15) is 36.3 Å². The van der Waals surface area contributed by atoms with Gasteiger partial charge in [-0.25, -0.2) is 0 Å². The first-order chi connectivity index (χ1) is 8.13. The number of esters is 1. The lowest BCUT2D eigenvalue weighted by Crippen LogP contribution is -2.01. The minimum Gasteiger partial charge on any atom is -0.466 e. The van der Waals surface area contributed by atoms with E-state index in [9.17, 15) is 9.59 Å². The van der Waals surface area contributed by atoms with Gasteiger partial charge in [0, 0.05) is 13.1 Å². The molecule has 4 heteroatoms. The van der Waals surface area contributed by atoms with Crippen LogP contribution in [0.3, 0.4) is 0 Å². The van der Waals surface area contributed by atoms with Crippen molar-refractivity contribution in [2.24, 2.45) is 0 Å². The van der Waals surface area contributed by atoms with E-state index in [-0.39, 0.29) is 18.2 Å². The van der Waals surface area contributed by atoms with Crippen LogP contribution in [0.4, 0.5) is 0 Å². The number of nitrogens with zero attached hydrogens (tertiary/aromatic N) is 1. The highest BCUT2D eigenvalue weighted by molar-refractivity contribution is 5.92. The lowest BCUT2D eigenvalue weighted by Gasteiger charge is -1.97. The third-order valence-electron chi connectivity index (χ3n) is 2.05. The van der Waals surface area contributed by atoms with Crippen LogP contribution in [-0.2, 0) is 9.53 Å². The molecule has 0 radical (unpaired) electrons. The molecular formula is C13H15NO3. The standard InChI is InChI=1S/C13H15NO3/c1-3-17-13(16)6-4-5-11-7-8-12(10(2)15)14-9-11/h4-5,7-9H,3,6H2,1-2H3. The van der Waals surface area contributed by atoms with Crippen LogP contribution in [0.5, 0.6) is 0 Å². The molecule has 0 fully saturated rings. The zero-order valence-electron chi connectivity index (χ0n) is 9.97. The Morgan fingerprint density at radius 1 is 1.41 bits per heavy atom. The summed E-state index contributed by atoms with van der Waals surface area (Å²) in [4.78, 5) is 26.0. The summed E-state index contributed by atoms with van der Waals surface area (Å²) in [5, 5.41) is 0. The highest BCUT2D eigenvalue weighted by atomic mass is 16.5. The van der Waals surface area contributed by atoms with Crippen LogP contribution in [0.15, 0.2) is 24.4 Å². The van der Waals surface area contributed by atoms with Gasteiger partial charge in [0.25, 0.3) is 0 Å². The zero-order chi connectivity index (χ0) is 12.7. The van der Waals surface area contributed by atoms with E-state index >= 15 is 0 Å². The number of hydrogen-bond acceptors (Lipinski definition) is 4. The molecule has 0 aliphatic rings. The Kier molecular flexibility index (Phi) is 5.07. The molecule has 0 aromatic carbocycles. The van der Waals surface area contributed by atoms with Crippen molar-refractivity contribution in [3.05, 3.63) is 35.7 Å². The maximum atomic E-state index is 11.0. The van der Waals surface area contributed by atoms with Crippen LogP contribution < -0.4 is 0 Å². The molecule has 0 aliphatic heterocycles. The van der Waals surface area contributed by atoms with E-state index in [1.165, 1.54) is 6.92 Å². The molecule has 1 rings (SSSR count). The maximum absolute atomic E-state index is 11.0. The van der Waals surface area contributed by atoms with Crippen molar-refractivity contribution < 1.29 is 14.3 Å². The highest BCUT2D eigenvalue weighted by Crippen LogP contribution is 2.04. The normalized spacial score (nSPS) is 10.5. The van der Waals surface area contributed by atoms with Crippen LogP contribution in [0.25, 0.3) is 6.08 Å². The number of hydrogen-bond donors (Lipinski definition) is 0. The molecular weight excluding hydrogens is 218 g/mol. The topological polar surface area (TPSA) is 56.3 Å². The van der Waals surface area contributed by atoms with Gasteiger partial charge in [-0.05, 0) is 18.6 Å². The maximum Gasteiger partial charge on any atom is 0.309 e. The van der Waals surface area contributed by atoms with Gasteiger partial charge >= 0.3 is 5.97 Å². The minimum atomic E-state index is -0.253. The summed E-state index contributed by atoms with van der Waals surface area (Å²) in [6.07, 6.45) is 5.32. The molecule has 1 heterocycles. The smallest absolute Gasteiger partial charge is 0.309 e. The molecule has 4 nitrogen and oxygen atoms in total. The summed E-state index contributed by atoms with van der Waals surface area (Å²) in [7, 11) is 0. The third-order valence-corrected chi connectivity index (χ3v) is 2.05. The molecule has 0 unspecified atom stereocenters. The number of aromatic nitrogens is 1. The Balaban J connectivity index is 2.54. The van der Waals surface area contributed by atoms with Crippen molar-refractivity contribution in [3.8, 4) is 0 Å². The van der Waals surface area contributed by atoms with E-state index in [1.54, 1.807) is 37.4 Å². The van der Waals surface area contributed by atoms with Gasteiger partial charge in [-0.15, -0.1) is 0 Å². The average molecular weight is 233 g/mol. The fraction of sp³-hybridized carbons (Fsp3) is 0.308. The first-order valence-electron chi connectivity index (χ1n) is 5.42. The fourth-order valence-corrected chi connectivity index (χ4v) is 1.22. The van der Waals surface area contributed by atoms with Gasteiger partial charge in [-0.3, -0.25) is 14.6 Å². The number of ether oxygens (including phenoxy) is 1. The fourth-order valence-electron chi connectivity index (χ4n) is 1.22. The van der Waals surface area contributed by atoms with Gasteiger partial charge < -0.3 is 4.74 Å². The molecule has 1 aromatic heterocycles. The average Bonchev–Trinajstić information content (AvgIpc) is 2.30. The first-order valence-corrected chi connectivity index (χ1v) is 5.42. The van der Waals surface area contributed by atoms with Crippen molar-refractivity contribution in [1.82, 2.24) is 4.98 Å². The summed E-state index contributed by atoms with van der Waals surface area (Å²) in [5.74, 6) is -0.316. The predicted molar refractivity (Wildman–Crippen MR) is 64.5 cm³/mol. The highest BCUT2D eigenvalue weighted by Gasteiger charge is 1.99. The quantitative estimate of drug-likeness (QED) is 0.578. The van der Waals surface area contributed by atoms with Gasteiger partial charge in [0.2, 0.25) is 0 Å². The summed E-state index contributed by atoms with van der Waals surface area (Å²) >= 11 is 0. The number of ketones is 1. The van der Waals surface area contributed by atoms with E-state index in [1.807, 2.05) is 0 Å². The van der Waals surface area contributed by atoms with Gasteiger partial charge in [0.05, 0.1) is 13.0 Å². The zero-order valence-corrected chi connectivity index (χ0v) is 9.97. The first kappa shape index (κ1) is 13.1. The SMILES string of the molecule is CCOC(=O)CC=Cc1ccc(C(C)=O)nc1. The minimum absolute atomic E-state index is 0.0629. The molecule has 0 bridgehead atoms. The number of rotatable bonds is 5. The Morgan fingerprint density at radius 3 is 2.71 bits per heavy atom. The second-order valence-corrected chi connectivity index (χ2v) is 3.44. The largest absolute Gasteiger partial charge is 0.466 e. The summed E-state index contributed by atoms with van der Waals surface area (Å²) in [6.45, 7) is 3.63. The lowest BCUT2D eigenvalue weighted by molar-refractivity contribution is -0.142. The van der Waals surface area contributed by atoms with E-state index in [2.05, 4.69) is 4.98 Å². The third kappa shape index (κ3) is 4.59. The van der Waals surface area contributed by atoms with Crippen LogP contribution in [0, 0.1) is 0 Å². The van der Waals surface area contributed by atoms with Gasteiger partial charge in [0.1, 0.15) is 5.69 Å². The molecule has 0 aliphatic carbocycles. The Labute approximate surface area is 100 Å². The molecule has 0 amide bonds. The monoisotopic (exact) mass is 233 g/mol. The van der Waals surface area contributed by atoms with Crippen molar-refractivity contribution in [2.75, 3.05) is 6.61 Å². The van der Waals surface area contributed by atoms with Gasteiger partial charge in [-0.1, -0.05) is 18.2 Å². The Bertz CT molecular complexity index is 421. The molecule has 0 atom stereocenters. The van der Waals surface area contributed by atoms with Crippen molar-refractivity contribution in [2.45, 2.75) is 20.3 Å². The van der Waals surface area contributed by atoms with E-state index in [4.69, 9.17) is 4.74 Å². The summed E-state index contributed by atoms with van der Waals surface area (Å²) < 4.78 is 4.78. The molecule has 1 aromatic rings. The Hall–Kier alpha value is -1.97. The number of carbonyl (C=O) groups is 2. The molecule has 17 heavy (non-hydrogen) atoms. The number of Topliss-reactive ketones (excluding diaryl/α,β-unsaturated/α-hetero) is 1. The molecule has 0 saturated heterocycles. The van der Waals surface area contributed by atoms with E-state index < -0.39 is 0 Å². The van der Waals surface area contributed by atoms with Crippen LogP contribution in [0.2, 0.25) is 0 Å². The van der Waals surface area contributed by atoms with Crippen molar-refractivity contribution >= 4 is 17.8 Å². The predicted octanol–water partition coefficient (Wildman–Crippen LogP) is 2.25. The van der Waals surface area contributed by atoms with Gasteiger partial charge in [-0.2, -0.15) is 0 Å². The van der Waals surface area contributed by atoms with Crippen molar-refractivity contribution in [1.29, 1.82) is 0 Å². The summed E-state index contributed by atoms with van der Waals surface area (Å²) in [6, 6.07) is 3.44. The Morgan fingerprint density at radius 2 is 2.18 bits per heavy atom. The number of pyridine rings is 1. The van der Waals surface area contributed by atoms with E-state index in [0.29, 0.717) is 12.3 Å². The van der Waals surface area contributed by atoms with Crippen LogP contribution in [-0.4, -0.2) is 23.3 Å². The second kappa shape index (κ2) is 6.58. The molecule has 0 spiro atoms. The van der Waals surface area contributed by atoms with Crippen LogP contribution >= 0.6 is 0 Å². The molecule has 0 saturated carbocycles. The second-order valence-electron chi connectivity index (χ2n) is 3.44. The lowest BCUT2D eigenvalue weighted by atomic mass is 10.2. The van der Waals surface area contributed by atoms with Gasteiger partial charge in [0.15, 0.2) is 5.78 Å². The van der Waals surface area contributed by atoms with E-state index in [0.717, 1.165) is 5.56 Å². The molecule has 90 valence electrons.